The fourth-order valence-electron chi connectivity index (χ4n) is 3.52. The van der Waals surface area contributed by atoms with E-state index in [1.807, 2.05) is 20.8 Å². The van der Waals surface area contributed by atoms with E-state index in [1.165, 1.54) is 0 Å². The standard InChI is InChI=1S/C15H25NO4/c1-9-6-11(12(7-9)14(18)19)13(17)16-10-4-5-20-15(2,3)8-10/h9-12H,4-8H2,1-3H3,(H,16,17)(H,18,19)/t9?,10?,11-,12+/m0/s1. The fraction of sp³-hybridized carbons (Fsp3) is 0.867. The monoisotopic (exact) mass is 283 g/mol. The van der Waals surface area contributed by atoms with Gasteiger partial charge in [-0.25, -0.2) is 0 Å². The van der Waals surface area contributed by atoms with Crippen LogP contribution in [0.3, 0.4) is 0 Å². The molecule has 0 bridgehead atoms. The number of ether oxygens (including phenoxy) is 1. The van der Waals surface area contributed by atoms with Crippen LogP contribution in [0, 0.1) is 17.8 Å². The smallest absolute Gasteiger partial charge is 0.307 e. The summed E-state index contributed by atoms with van der Waals surface area (Å²) in [6.07, 6.45) is 2.86. The summed E-state index contributed by atoms with van der Waals surface area (Å²) in [5.74, 6) is -1.55. The van der Waals surface area contributed by atoms with Crippen molar-refractivity contribution in [3.8, 4) is 0 Å². The van der Waals surface area contributed by atoms with Gasteiger partial charge in [0.25, 0.3) is 0 Å². The zero-order valence-electron chi connectivity index (χ0n) is 12.5. The summed E-state index contributed by atoms with van der Waals surface area (Å²) in [6, 6.07) is 0.0941. The molecule has 1 saturated carbocycles. The van der Waals surface area contributed by atoms with E-state index in [1.54, 1.807) is 0 Å². The second kappa shape index (κ2) is 5.72. The van der Waals surface area contributed by atoms with Gasteiger partial charge in [-0.1, -0.05) is 6.92 Å². The van der Waals surface area contributed by atoms with Crippen molar-refractivity contribution in [2.75, 3.05) is 6.61 Å². The Morgan fingerprint density at radius 2 is 1.90 bits per heavy atom. The van der Waals surface area contributed by atoms with Gasteiger partial charge in [-0.3, -0.25) is 9.59 Å². The molecule has 5 heteroatoms. The van der Waals surface area contributed by atoms with E-state index in [9.17, 15) is 14.7 Å². The molecule has 0 aromatic rings. The first kappa shape index (κ1) is 15.3. The van der Waals surface area contributed by atoms with Crippen molar-refractivity contribution in [3.63, 3.8) is 0 Å². The van der Waals surface area contributed by atoms with Crippen molar-refractivity contribution >= 4 is 11.9 Å². The predicted octanol–water partition coefficient (Wildman–Crippen LogP) is 1.81. The average Bonchev–Trinajstić information content (AvgIpc) is 2.70. The Morgan fingerprint density at radius 1 is 1.25 bits per heavy atom. The van der Waals surface area contributed by atoms with Gasteiger partial charge in [0.2, 0.25) is 5.91 Å². The lowest BCUT2D eigenvalue weighted by atomic mass is 9.91. The fourth-order valence-corrected chi connectivity index (χ4v) is 3.52. The zero-order chi connectivity index (χ0) is 14.9. The molecule has 2 aliphatic rings. The molecule has 1 amide bonds. The van der Waals surface area contributed by atoms with Crippen LogP contribution in [0.15, 0.2) is 0 Å². The molecule has 20 heavy (non-hydrogen) atoms. The van der Waals surface area contributed by atoms with Crippen molar-refractivity contribution in [1.82, 2.24) is 5.32 Å². The highest BCUT2D eigenvalue weighted by Gasteiger charge is 2.42. The summed E-state index contributed by atoms with van der Waals surface area (Å²) in [6.45, 7) is 6.69. The van der Waals surface area contributed by atoms with E-state index < -0.39 is 11.9 Å². The number of rotatable bonds is 3. The Labute approximate surface area is 120 Å². The Balaban J connectivity index is 1.95. The van der Waals surface area contributed by atoms with Crippen LogP contribution in [-0.4, -0.2) is 35.2 Å². The number of carboxylic acid groups (broad SMARTS) is 1. The largest absolute Gasteiger partial charge is 0.481 e. The molecule has 114 valence electrons. The minimum Gasteiger partial charge on any atom is -0.481 e. The molecule has 1 saturated heterocycles. The minimum absolute atomic E-state index is 0.0931. The number of carbonyl (C=O) groups excluding carboxylic acids is 1. The van der Waals surface area contributed by atoms with Gasteiger partial charge in [0, 0.05) is 12.6 Å². The second-order valence-corrected chi connectivity index (χ2v) is 6.93. The molecule has 0 aromatic carbocycles. The molecule has 1 aliphatic carbocycles. The van der Waals surface area contributed by atoms with Gasteiger partial charge in [-0.2, -0.15) is 0 Å². The lowest BCUT2D eigenvalue weighted by molar-refractivity contribution is -0.146. The maximum Gasteiger partial charge on any atom is 0.307 e. The van der Waals surface area contributed by atoms with Crippen LogP contribution >= 0.6 is 0 Å². The summed E-state index contributed by atoms with van der Waals surface area (Å²) in [5.41, 5.74) is -0.217. The highest BCUT2D eigenvalue weighted by Crippen LogP contribution is 2.37. The normalized spacial score (nSPS) is 36.5. The SMILES string of the molecule is CC1C[C@H](C(=O)NC2CCOC(C)(C)C2)[C@H](C(=O)O)C1. The van der Waals surface area contributed by atoms with Crippen LogP contribution in [0.2, 0.25) is 0 Å². The van der Waals surface area contributed by atoms with Crippen LogP contribution < -0.4 is 5.32 Å². The van der Waals surface area contributed by atoms with Crippen molar-refractivity contribution in [3.05, 3.63) is 0 Å². The van der Waals surface area contributed by atoms with Gasteiger partial charge in [0.15, 0.2) is 0 Å². The molecule has 2 unspecified atom stereocenters. The zero-order valence-corrected chi connectivity index (χ0v) is 12.5. The van der Waals surface area contributed by atoms with Gasteiger partial charge >= 0.3 is 5.97 Å². The third-order valence-electron chi connectivity index (χ3n) is 4.50. The topological polar surface area (TPSA) is 75.6 Å². The summed E-state index contributed by atoms with van der Waals surface area (Å²) < 4.78 is 5.63. The van der Waals surface area contributed by atoms with E-state index in [-0.39, 0.29) is 23.5 Å². The quantitative estimate of drug-likeness (QED) is 0.828. The van der Waals surface area contributed by atoms with Crippen molar-refractivity contribution < 1.29 is 19.4 Å². The number of nitrogens with one attached hydrogen (secondary N) is 1. The summed E-state index contributed by atoms with van der Waals surface area (Å²) >= 11 is 0. The molecule has 0 spiro atoms. The van der Waals surface area contributed by atoms with Gasteiger partial charge < -0.3 is 15.2 Å². The van der Waals surface area contributed by atoms with E-state index in [0.29, 0.717) is 25.4 Å². The number of aliphatic carboxylic acids is 1. The number of carbonyl (C=O) groups is 2. The first-order chi connectivity index (χ1) is 9.28. The van der Waals surface area contributed by atoms with Crippen LogP contribution in [0.25, 0.3) is 0 Å². The van der Waals surface area contributed by atoms with E-state index in [2.05, 4.69) is 5.32 Å². The van der Waals surface area contributed by atoms with Crippen LogP contribution in [-0.2, 0) is 14.3 Å². The van der Waals surface area contributed by atoms with Gasteiger partial charge in [0.1, 0.15) is 0 Å². The lowest BCUT2D eigenvalue weighted by Crippen LogP contribution is -2.48. The van der Waals surface area contributed by atoms with E-state index >= 15 is 0 Å². The molecule has 2 rings (SSSR count). The number of carboxylic acids is 1. The van der Waals surface area contributed by atoms with Crippen molar-refractivity contribution in [2.24, 2.45) is 17.8 Å². The highest BCUT2D eigenvalue weighted by atomic mass is 16.5. The van der Waals surface area contributed by atoms with E-state index in [0.717, 1.165) is 12.8 Å². The van der Waals surface area contributed by atoms with Gasteiger partial charge in [-0.05, 0) is 45.4 Å². The Bertz CT molecular complexity index is 393. The molecule has 4 atom stereocenters. The van der Waals surface area contributed by atoms with Gasteiger partial charge in [-0.15, -0.1) is 0 Å². The molecular weight excluding hydrogens is 258 g/mol. The Kier molecular flexibility index (Phi) is 4.37. The summed E-state index contributed by atoms with van der Waals surface area (Å²) in [4.78, 5) is 23.6. The molecule has 0 radical (unpaired) electrons. The summed E-state index contributed by atoms with van der Waals surface area (Å²) in [7, 11) is 0. The Hall–Kier alpha value is -1.10. The highest BCUT2D eigenvalue weighted by molar-refractivity contribution is 5.85. The predicted molar refractivity (Wildman–Crippen MR) is 74.2 cm³/mol. The first-order valence-electron chi connectivity index (χ1n) is 7.45. The number of amides is 1. The third kappa shape index (κ3) is 3.51. The number of hydrogen-bond acceptors (Lipinski definition) is 3. The molecule has 2 N–H and O–H groups in total. The lowest BCUT2D eigenvalue weighted by Gasteiger charge is -2.36. The number of hydrogen-bond donors (Lipinski definition) is 2. The van der Waals surface area contributed by atoms with Crippen molar-refractivity contribution in [1.29, 1.82) is 0 Å². The third-order valence-corrected chi connectivity index (χ3v) is 4.50. The Morgan fingerprint density at radius 3 is 2.50 bits per heavy atom. The molecule has 1 heterocycles. The summed E-state index contributed by atoms with van der Waals surface area (Å²) in [5, 5.41) is 12.3. The maximum atomic E-state index is 12.4. The minimum atomic E-state index is -0.846. The first-order valence-corrected chi connectivity index (χ1v) is 7.45. The van der Waals surface area contributed by atoms with Gasteiger partial charge in [0.05, 0.1) is 17.4 Å². The molecular formula is C15H25NO4. The van der Waals surface area contributed by atoms with Crippen LogP contribution in [0.4, 0.5) is 0 Å². The van der Waals surface area contributed by atoms with E-state index in [4.69, 9.17) is 4.74 Å². The maximum absolute atomic E-state index is 12.4. The second-order valence-electron chi connectivity index (χ2n) is 6.93. The average molecular weight is 283 g/mol. The molecule has 0 aromatic heterocycles. The molecule has 1 aliphatic heterocycles. The van der Waals surface area contributed by atoms with Crippen molar-refractivity contribution in [2.45, 2.75) is 58.1 Å². The van der Waals surface area contributed by atoms with Crippen LogP contribution in [0.1, 0.15) is 46.5 Å². The van der Waals surface area contributed by atoms with Crippen LogP contribution in [0.5, 0.6) is 0 Å². The molecule has 2 fully saturated rings. The molecule has 5 nitrogen and oxygen atoms in total.